The molecule has 20 heavy (non-hydrogen) atoms. The molecule has 110 valence electrons. The Kier molecular flexibility index (Phi) is 5.34. The van der Waals surface area contributed by atoms with Crippen LogP contribution in [0.5, 0.6) is 0 Å². The molecule has 0 aromatic carbocycles. The first-order chi connectivity index (χ1) is 9.58. The standard InChI is InChI=1S/C15H22N2O2S/c1-11(2)15-8-13(16-19-15)9-17(6-7-18)10-14-5-4-12(3)20-14/h4-5,8,11,18H,6-7,9-10H2,1-3H3. The van der Waals surface area contributed by atoms with Crippen molar-refractivity contribution in [2.24, 2.45) is 0 Å². The zero-order valence-electron chi connectivity index (χ0n) is 12.3. The number of aromatic nitrogens is 1. The molecule has 2 aromatic rings. The maximum Gasteiger partial charge on any atom is 0.139 e. The summed E-state index contributed by atoms with van der Waals surface area (Å²) in [5.41, 5.74) is 0.926. The van der Waals surface area contributed by atoms with E-state index in [-0.39, 0.29) is 6.61 Å². The predicted molar refractivity (Wildman–Crippen MR) is 80.8 cm³/mol. The van der Waals surface area contributed by atoms with Crippen LogP contribution in [0.3, 0.4) is 0 Å². The monoisotopic (exact) mass is 294 g/mol. The van der Waals surface area contributed by atoms with E-state index < -0.39 is 0 Å². The molecule has 0 aliphatic heterocycles. The van der Waals surface area contributed by atoms with E-state index in [1.54, 1.807) is 11.3 Å². The van der Waals surface area contributed by atoms with Gasteiger partial charge in [0.05, 0.1) is 12.3 Å². The summed E-state index contributed by atoms with van der Waals surface area (Å²) < 4.78 is 5.32. The van der Waals surface area contributed by atoms with Crippen molar-refractivity contribution < 1.29 is 9.63 Å². The molecule has 0 bridgehead atoms. The van der Waals surface area contributed by atoms with Crippen molar-refractivity contribution in [2.45, 2.75) is 39.8 Å². The number of rotatable bonds is 7. The van der Waals surface area contributed by atoms with E-state index in [9.17, 15) is 5.11 Å². The van der Waals surface area contributed by atoms with Crippen LogP contribution in [0.4, 0.5) is 0 Å². The molecule has 5 heteroatoms. The first kappa shape index (κ1) is 15.2. The summed E-state index contributed by atoms with van der Waals surface area (Å²) in [5.74, 6) is 1.26. The molecular weight excluding hydrogens is 272 g/mol. The van der Waals surface area contributed by atoms with Crippen molar-refractivity contribution in [2.75, 3.05) is 13.2 Å². The highest BCUT2D eigenvalue weighted by molar-refractivity contribution is 7.11. The van der Waals surface area contributed by atoms with E-state index in [0.29, 0.717) is 19.0 Å². The molecule has 0 saturated carbocycles. The summed E-state index contributed by atoms with van der Waals surface area (Å²) in [6.07, 6.45) is 0. The van der Waals surface area contributed by atoms with Crippen LogP contribution < -0.4 is 0 Å². The fraction of sp³-hybridized carbons (Fsp3) is 0.533. The van der Waals surface area contributed by atoms with Gasteiger partial charge in [-0.15, -0.1) is 11.3 Å². The van der Waals surface area contributed by atoms with E-state index in [2.05, 4.69) is 43.0 Å². The normalized spacial score (nSPS) is 11.7. The fourth-order valence-electron chi connectivity index (χ4n) is 2.05. The minimum absolute atomic E-state index is 0.152. The quantitative estimate of drug-likeness (QED) is 0.852. The average Bonchev–Trinajstić information content (AvgIpc) is 2.99. The van der Waals surface area contributed by atoms with Gasteiger partial charge in [0, 0.05) is 41.4 Å². The number of aliphatic hydroxyl groups is 1. The Labute approximate surface area is 124 Å². The maximum atomic E-state index is 9.21. The summed E-state index contributed by atoms with van der Waals surface area (Å²) in [5, 5.41) is 13.3. The van der Waals surface area contributed by atoms with Crippen LogP contribution in [0.25, 0.3) is 0 Å². The molecule has 0 radical (unpaired) electrons. The molecule has 0 spiro atoms. The molecule has 2 aromatic heterocycles. The Morgan fingerprint density at radius 1 is 1.35 bits per heavy atom. The predicted octanol–water partition coefficient (Wildman–Crippen LogP) is 3.16. The Bertz CT molecular complexity index is 533. The van der Waals surface area contributed by atoms with Crippen LogP contribution in [-0.4, -0.2) is 28.3 Å². The molecule has 0 aliphatic carbocycles. The summed E-state index contributed by atoms with van der Waals surface area (Å²) in [7, 11) is 0. The summed E-state index contributed by atoms with van der Waals surface area (Å²) in [6.45, 7) is 8.61. The number of aryl methyl sites for hydroxylation is 1. The lowest BCUT2D eigenvalue weighted by molar-refractivity contribution is 0.182. The van der Waals surface area contributed by atoms with E-state index >= 15 is 0 Å². The van der Waals surface area contributed by atoms with Gasteiger partial charge < -0.3 is 9.63 Å². The first-order valence-electron chi connectivity index (χ1n) is 6.92. The van der Waals surface area contributed by atoms with Gasteiger partial charge in [0.25, 0.3) is 0 Å². The van der Waals surface area contributed by atoms with E-state index in [1.165, 1.54) is 9.75 Å². The molecule has 0 atom stereocenters. The van der Waals surface area contributed by atoms with Crippen LogP contribution in [0.2, 0.25) is 0 Å². The highest BCUT2D eigenvalue weighted by atomic mass is 32.1. The fourth-order valence-corrected chi connectivity index (χ4v) is 2.98. The highest BCUT2D eigenvalue weighted by Gasteiger charge is 2.13. The molecular formula is C15H22N2O2S. The van der Waals surface area contributed by atoms with Gasteiger partial charge in [0.2, 0.25) is 0 Å². The second-order valence-corrected chi connectivity index (χ2v) is 6.69. The van der Waals surface area contributed by atoms with Crippen molar-refractivity contribution in [3.05, 3.63) is 39.4 Å². The Balaban J connectivity index is 2.00. The van der Waals surface area contributed by atoms with Crippen molar-refractivity contribution in [1.82, 2.24) is 10.1 Å². The SMILES string of the molecule is Cc1ccc(CN(CCO)Cc2cc(C(C)C)on2)s1. The molecule has 2 rings (SSSR count). The molecule has 0 amide bonds. The molecule has 1 N–H and O–H groups in total. The summed E-state index contributed by atoms with van der Waals surface area (Å²) in [4.78, 5) is 4.81. The number of hydrogen-bond acceptors (Lipinski definition) is 5. The molecule has 0 aliphatic rings. The number of aliphatic hydroxyl groups excluding tert-OH is 1. The van der Waals surface area contributed by atoms with Crippen LogP contribution in [0, 0.1) is 6.92 Å². The van der Waals surface area contributed by atoms with Crippen LogP contribution >= 0.6 is 11.3 Å². The van der Waals surface area contributed by atoms with E-state index in [4.69, 9.17) is 4.52 Å². The molecule has 0 saturated heterocycles. The van der Waals surface area contributed by atoms with Crippen molar-refractivity contribution >= 4 is 11.3 Å². The van der Waals surface area contributed by atoms with Crippen LogP contribution in [-0.2, 0) is 13.1 Å². The second-order valence-electron chi connectivity index (χ2n) is 5.32. The van der Waals surface area contributed by atoms with Crippen LogP contribution in [0.1, 0.15) is 41.0 Å². The third-order valence-electron chi connectivity index (χ3n) is 3.12. The topological polar surface area (TPSA) is 49.5 Å². The lowest BCUT2D eigenvalue weighted by atomic mass is 10.1. The zero-order chi connectivity index (χ0) is 14.5. The lowest BCUT2D eigenvalue weighted by Gasteiger charge is -2.18. The smallest absolute Gasteiger partial charge is 0.139 e. The van der Waals surface area contributed by atoms with Gasteiger partial charge in [-0.25, -0.2) is 0 Å². The Morgan fingerprint density at radius 3 is 2.70 bits per heavy atom. The largest absolute Gasteiger partial charge is 0.395 e. The van der Waals surface area contributed by atoms with Crippen molar-refractivity contribution in [1.29, 1.82) is 0 Å². The number of nitrogens with zero attached hydrogens (tertiary/aromatic N) is 2. The second kappa shape index (κ2) is 7.02. The summed E-state index contributed by atoms with van der Waals surface area (Å²) in [6, 6.07) is 6.28. The van der Waals surface area contributed by atoms with E-state index in [1.807, 2.05) is 6.07 Å². The van der Waals surface area contributed by atoms with Gasteiger partial charge in [-0.3, -0.25) is 4.90 Å². The molecule has 0 fully saturated rings. The van der Waals surface area contributed by atoms with Crippen LogP contribution in [0.15, 0.2) is 22.7 Å². The molecule has 0 unspecified atom stereocenters. The third-order valence-corrected chi connectivity index (χ3v) is 4.11. The lowest BCUT2D eigenvalue weighted by Crippen LogP contribution is -2.25. The Hall–Kier alpha value is -1.17. The van der Waals surface area contributed by atoms with Crippen molar-refractivity contribution in [3.8, 4) is 0 Å². The van der Waals surface area contributed by atoms with Crippen molar-refractivity contribution in [3.63, 3.8) is 0 Å². The van der Waals surface area contributed by atoms with Gasteiger partial charge in [-0.1, -0.05) is 19.0 Å². The first-order valence-corrected chi connectivity index (χ1v) is 7.74. The average molecular weight is 294 g/mol. The van der Waals surface area contributed by atoms with Gasteiger partial charge >= 0.3 is 0 Å². The summed E-state index contributed by atoms with van der Waals surface area (Å²) >= 11 is 1.80. The Morgan fingerprint density at radius 2 is 2.15 bits per heavy atom. The minimum atomic E-state index is 0.152. The zero-order valence-corrected chi connectivity index (χ0v) is 13.1. The minimum Gasteiger partial charge on any atom is -0.395 e. The van der Waals surface area contributed by atoms with Gasteiger partial charge in [0.1, 0.15) is 5.76 Å². The molecule has 4 nitrogen and oxygen atoms in total. The van der Waals surface area contributed by atoms with Gasteiger partial charge in [-0.05, 0) is 19.1 Å². The third kappa shape index (κ3) is 4.16. The van der Waals surface area contributed by atoms with E-state index in [0.717, 1.165) is 18.0 Å². The number of hydrogen-bond donors (Lipinski definition) is 1. The maximum absolute atomic E-state index is 9.21. The molecule has 2 heterocycles. The van der Waals surface area contributed by atoms with Gasteiger partial charge in [0.15, 0.2) is 0 Å². The highest BCUT2D eigenvalue weighted by Crippen LogP contribution is 2.20. The number of thiophene rings is 1. The van der Waals surface area contributed by atoms with Gasteiger partial charge in [-0.2, -0.15) is 0 Å².